The Morgan fingerprint density at radius 1 is 1.06 bits per heavy atom. The van der Waals surface area contributed by atoms with E-state index in [1.807, 2.05) is 39.9 Å². The summed E-state index contributed by atoms with van der Waals surface area (Å²) in [6.45, 7) is 1.89. The van der Waals surface area contributed by atoms with Gasteiger partial charge >= 0.3 is 0 Å². The van der Waals surface area contributed by atoms with Crippen molar-refractivity contribution in [2.45, 2.75) is 6.04 Å². The van der Waals surface area contributed by atoms with Crippen LogP contribution in [-0.4, -0.2) is 37.5 Å². The Hall–Kier alpha value is -2.37. The van der Waals surface area contributed by atoms with Gasteiger partial charge in [-0.2, -0.15) is 10.2 Å². The zero-order chi connectivity index (χ0) is 11.9. The van der Waals surface area contributed by atoms with Crippen LogP contribution in [-0.2, 0) is 0 Å². The highest BCUT2D eigenvalue weighted by Gasteiger charge is 2.30. The molecule has 0 N–H and O–H groups in total. The quantitative estimate of drug-likeness (QED) is 0.670. The smallest absolute Gasteiger partial charge is 0.154 e. The first kappa shape index (κ1) is 9.64. The largest absolute Gasteiger partial charge is 0.350 e. The lowest BCUT2D eigenvalue weighted by atomic mass is 10.1. The summed E-state index contributed by atoms with van der Waals surface area (Å²) < 4.78 is 3.86. The van der Waals surface area contributed by atoms with E-state index in [-0.39, 0.29) is 0 Å². The molecule has 1 aliphatic rings. The maximum Gasteiger partial charge on any atom is 0.154 e. The fraction of sp³-hybridized carbons (Fsp3) is 0.250. The third-order valence-electron chi connectivity index (χ3n) is 3.36. The lowest BCUT2D eigenvalue weighted by Gasteiger charge is -2.40. The van der Waals surface area contributed by atoms with Gasteiger partial charge in [-0.1, -0.05) is 0 Å². The maximum atomic E-state index is 4.45. The van der Waals surface area contributed by atoms with Crippen molar-refractivity contribution in [1.29, 1.82) is 0 Å². The van der Waals surface area contributed by atoms with E-state index in [2.05, 4.69) is 20.1 Å². The lowest BCUT2D eigenvalue weighted by Crippen LogP contribution is -2.48. The Kier molecular flexibility index (Phi) is 1.91. The van der Waals surface area contributed by atoms with Gasteiger partial charge in [-0.15, -0.1) is 0 Å². The molecule has 1 fully saturated rings. The van der Waals surface area contributed by atoms with Crippen molar-refractivity contribution < 1.29 is 0 Å². The topological polar surface area (TPSA) is 51.2 Å². The molecule has 1 saturated heterocycles. The molecule has 0 saturated carbocycles. The van der Waals surface area contributed by atoms with Gasteiger partial charge in [-0.3, -0.25) is 4.68 Å². The van der Waals surface area contributed by atoms with Gasteiger partial charge in [0.1, 0.15) is 5.52 Å². The van der Waals surface area contributed by atoms with Crippen molar-refractivity contribution in [2.75, 3.05) is 18.0 Å². The van der Waals surface area contributed by atoms with Crippen molar-refractivity contribution in [3.63, 3.8) is 0 Å². The minimum Gasteiger partial charge on any atom is -0.350 e. The molecular weight excluding hydrogens is 228 g/mol. The molecule has 90 valence electrons. The van der Waals surface area contributed by atoms with Crippen LogP contribution in [0.4, 0.5) is 5.82 Å². The summed E-state index contributed by atoms with van der Waals surface area (Å²) in [5.41, 5.74) is 1.05. The average molecular weight is 240 g/mol. The van der Waals surface area contributed by atoms with Crippen LogP contribution in [0.25, 0.3) is 5.52 Å². The first-order valence-corrected chi connectivity index (χ1v) is 5.94. The highest BCUT2D eigenvalue weighted by atomic mass is 15.4. The van der Waals surface area contributed by atoms with Crippen LogP contribution < -0.4 is 4.90 Å². The van der Waals surface area contributed by atoms with Gasteiger partial charge in [0.2, 0.25) is 0 Å². The molecule has 0 amide bonds. The molecule has 4 rings (SSSR count). The van der Waals surface area contributed by atoms with Crippen molar-refractivity contribution in [2.24, 2.45) is 0 Å². The highest BCUT2D eigenvalue weighted by molar-refractivity contribution is 5.69. The van der Waals surface area contributed by atoms with Crippen molar-refractivity contribution >= 4 is 11.3 Å². The van der Waals surface area contributed by atoms with Gasteiger partial charge < -0.3 is 4.90 Å². The van der Waals surface area contributed by atoms with E-state index in [4.69, 9.17) is 0 Å². The molecule has 1 aliphatic heterocycles. The predicted octanol–water partition coefficient (Wildman–Crippen LogP) is 0.987. The molecule has 18 heavy (non-hydrogen) atoms. The Morgan fingerprint density at radius 3 is 2.83 bits per heavy atom. The third-order valence-corrected chi connectivity index (χ3v) is 3.36. The first-order valence-electron chi connectivity index (χ1n) is 5.94. The van der Waals surface area contributed by atoms with Gasteiger partial charge in [-0.25, -0.2) is 9.50 Å². The molecule has 0 aliphatic carbocycles. The van der Waals surface area contributed by atoms with E-state index in [9.17, 15) is 0 Å². The second-order valence-electron chi connectivity index (χ2n) is 4.46. The van der Waals surface area contributed by atoms with Gasteiger partial charge in [0.05, 0.1) is 12.2 Å². The van der Waals surface area contributed by atoms with E-state index in [1.54, 1.807) is 12.4 Å². The van der Waals surface area contributed by atoms with Crippen LogP contribution in [0.2, 0.25) is 0 Å². The van der Waals surface area contributed by atoms with E-state index >= 15 is 0 Å². The second kappa shape index (κ2) is 3.56. The molecule has 0 atom stereocenters. The fourth-order valence-electron chi connectivity index (χ4n) is 2.38. The van der Waals surface area contributed by atoms with Crippen LogP contribution >= 0.6 is 0 Å². The van der Waals surface area contributed by atoms with Crippen molar-refractivity contribution in [3.05, 3.63) is 43.1 Å². The monoisotopic (exact) mass is 240 g/mol. The predicted molar refractivity (Wildman–Crippen MR) is 66.5 cm³/mol. The number of anilines is 1. The number of rotatable bonds is 2. The summed E-state index contributed by atoms with van der Waals surface area (Å²) in [4.78, 5) is 6.71. The minimum absolute atomic E-state index is 0.449. The van der Waals surface area contributed by atoms with Crippen LogP contribution in [0.5, 0.6) is 0 Å². The number of aromatic nitrogens is 5. The summed E-state index contributed by atoms with van der Waals surface area (Å²) in [7, 11) is 0. The van der Waals surface area contributed by atoms with E-state index in [0.717, 1.165) is 24.4 Å². The lowest BCUT2D eigenvalue weighted by molar-refractivity contribution is 0.366. The zero-order valence-electron chi connectivity index (χ0n) is 9.72. The van der Waals surface area contributed by atoms with Crippen LogP contribution in [0.3, 0.4) is 0 Å². The summed E-state index contributed by atoms with van der Waals surface area (Å²) in [5.74, 6) is 0.999. The molecule has 3 aromatic rings. The normalized spacial score (nSPS) is 16.1. The van der Waals surface area contributed by atoms with Crippen LogP contribution in [0, 0.1) is 0 Å². The van der Waals surface area contributed by atoms with Gasteiger partial charge in [0.25, 0.3) is 0 Å². The number of fused-ring (bicyclic) bond motifs is 1. The zero-order valence-corrected chi connectivity index (χ0v) is 9.72. The first-order chi connectivity index (χ1) is 8.92. The highest BCUT2D eigenvalue weighted by Crippen LogP contribution is 2.28. The molecule has 0 spiro atoms. The van der Waals surface area contributed by atoms with Crippen molar-refractivity contribution in [3.8, 4) is 0 Å². The fourth-order valence-corrected chi connectivity index (χ4v) is 2.38. The summed E-state index contributed by atoms with van der Waals surface area (Å²) in [5, 5.41) is 8.49. The molecule has 0 radical (unpaired) electrons. The molecule has 6 nitrogen and oxygen atoms in total. The van der Waals surface area contributed by atoms with E-state index < -0.39 is 0 Å². The van der Waals surface area contributed by atoms with Crippen molar-refractivity contribution in [1.82, 2.24) is 24.4 Å². The van der Waals surface area contributed by atoms with Gasteiger partial charge in [0.15, 0.2) is 5.82 Å². The van der Waals surface area contributed by atoms with E-state index in [0.29, 0.717) is 6.04 Å². The SMILES string of the molecule is c1cnn(C2CN(c3nccn4nccc34)C2)c1. The van der Waals surface area contributed by atoms with E-state index in [1.165, 1.54) is 0 Å². The van der Waals surface area contributed by atoms with Gasteiger partial charge in [0, 0.05) is 37.9 Å². The average Bonchev–Trinajstić information content (AvgIpc) is 2.97. The molecule has 4 heterocycles. The summed E-state index contributed by atoms with van der Waals surface area (Å²) in [6, 6.07) is 4.40. The van der Waals surface area contributed by atoms with Crippen LogP contribution in [0.15, 0.2) is 43.1 Å². The Labute approximate surface area is 103 Å². The summed E-state index contributed by atoms with van der Waals surface area (Å²) in [6.07, 6.45) is 9.28. The second-order valence-corrected chi connectivity index (χ2v) is 4.46. The molecular formula is C12H12N6. The minimum atomic E-state index is 0.449. The Morgan fingerprint density at radius 2 is 2.00 bits per heavy atom. The molecule has 0 unspecified atom stereocenters. The Balaban J connectivity index is 1.61. The number of nitrogens with zero attached hydrogens (tertiary/aromatic N) is 6. The van der Waals surface area contributed by atoms with Crippen LogP contribution in [0.1, 0.15) is 6.04 Å². The standard InChI is InChI=1S/C12H12N6/c1-3-14-17(6-1)10-8-16(9-10)12-11-2-4-15-18(11)7-5-13-12/h1-7,10H,8-9H2. The molecule has 0 aromatic carbocycles. The molecule has 6 heteroatoms. The third kappa shape index (κ3) is 1.32. The maximum absolute atomic E-state index is 4.45. The van der Waals surface area contributed by atoms with Gasteiger partial charge in [-0.05, 0) is 12.1 Å². The molecule has 3 aromatic heterocycles. The number of hydrogen-bond donors (Lipinski definition) is 0. The summed E-state index contributed by atoms with van der Waals surface area (Å²) >= 11 is 0. The number of hydrogen-bond acceptors (Lipinski definition) is 4. The molecule has 0 bridgehead atoms. The Bertz CT molecular complexity index is 665.